The maximum Gasteiger partial charge on any atom is 0.151 e. The first-order valence-electron chi connectivity index (χ1n) is 7.33. The zero-order valence-electron chi connectivity index (χ0n) is 12.8. The van der Waals surface area contributed by atoms with Gasteiger partial charge in [-0.15, -0.1) is 11.3 Å². The number of thiophene rings is 1. The molecule has 0 saturated carbocycles. The van der Waals surface area contributed by atoms with Crippen LogP contribution in [0.1, 0.15) is 28.3 Å². The Morgan fingerprint density at radius 2 is 2.23 bits per heavy atom. The summed E-state index contributed by atoms with van der Waals surface area (Å²) in [4.78, 5) is 3.50. The predicted molar refractivity (Wildman–Crippen MR) is 86.6 cm³/mol. The van der Waals surface area contributed by atoms with Gasteiger partial charge < -0.3 is 4.52 Å². The van der Waals surface area contributed by atoms with E-state index in [9.17, 15) is 8.42 Å². The molecule has 7 heteroatoms. The Labute approximate surface area is 134 Å². The molecule has 1 fully saturated rings. The second-order valence-electron chi connectivity index (χ2n) is 5.84. The van der Waals surface area contributed by atoms with E-state index in [0.717, 1.165) is 23.6 Å². The summed E-state index contributed by atoms with van der Waals surface area (Å²) in [5.74, 6) is 1.36. The lowest BCUT2D eigenvalue weighted by molar-refractivity contribution is 0.194. The van der Waals surface area contributed by atoms with E-state index in [-0.39, 0.29) is 11.8 Å². The largest absolute Gasteiger partial charge is 0.361 e. The lowest BCUT2D eigenvalue weighted by Crippen LogP contribution is -2.35. The number of hydrogen-bond acceptors (Lipinski definition) is 6. The molecular formula is C15H20N2O3S2. The molecule has 2 aromatic rings. The summed E-state index contributed by atoms with van der Waals surface area (Å²) in [5, 5.41) is 6.05. The Hall–Kier alpha value is -1.18. The highest BCUT2D eigenvalue weighted by molar-refractivity contribution is 7.91. The van der Waals surface area contributed by atoms with Gasteiger partial charge in [0, 0.05) is 29.6 Å². The van der Waals surface area contributed by atoms with E-state index in [2.05, 4.69) is 21.5 Å². The van der Waals surface area contributed by atoms with Gasteiger partial charge in [0.2, 0.25) is 0 Å². The Balaban J connectivity index is 1.83. The first-order valence-corrected chi connectivity index (χ1v) is 10.0. The number of hydrogen-bond donors (Lipinski definition) is 0. The highest BCUT2D eigenvalue weighted by Crippen LogP contribution is 2.25. The van der Waals surface area contributed by atoms with Crippen LogP contribution in [-0.2, 0) is 22.9 Å². The fourth-order valence-corrected chi connectivity index (χ4v) is 5.40. The first kappa shape index (κ1) is 15.7. The Morgan fingerprint density at radius 1 is 1.41 bits per heavy atom. The van der Waals surface area contributed by atoms with Gasteiger partial charge in [0.1, 0.15) is 5.76 Å². The molecule has 22 heavy (non-hydrogen) atoms. The standard InChI is InChI=1S/C15H20N2O3S2/c1-11-15(12(2)20-16-11)9-17(8-14-4-3-6-21-14)13-5-7-22(18,19)10-13/h3-4,6,13H,5,7-10H2,1-2H3. The van der Waals surface area contributed by atoms with E-state index in [0.29, 0.717) is 18.7 Å². The van der Waals surface area contributed by atoms with Crippen LogP contribution in [0.2, 0.25) is 0 Å². The number of sulfone groups is 1. The summed E-state index contributed by atoms with van der Waals surface area (Å²) in [6, 6.07) is 4.19. The summed E-state index contributed by atoms with van der Waals surface area (Å²) in [6.45, 7) is 5.28. The van der Waals surface area contributed by atoms with Crippen LogP contribution in [0.3, 0.4) is 0 Å². The Bertz CT molecular complexity index is 715. The van der Waals surface area contributed by atoms with Crippen LogP contribution in [0, 0.1) is 13.8 Å². The molecule has 1 atom stereocenters. The number of aryl methyl sites for hydroxylation is 2. The molecule has 0 aliphatic carbocycles. The smallest absolute Gasteiger partial charge is 0.151 e. The molecule has 0 radical (unpaired) electrons. The summed E-state index contributed by atoms with van der Waals surface area (Å²) in [6.07, 6.45) is 0.705. The monoisotopic (exact) mass is 340 g/mol. The van der Waals surface area contributed by atoms with Crippen LogP contribution in [0.15, 0.2) is 22.0 Å². The van der Waals surface area contributed by atoms with Crippen molar-refractivity contribution in [2.75, 3.05) is 11.5 Å². The zero-order chi connectivity index (χ0) is 15.7. The predicted octanol–water partition coefficient (Wildman–Crippen LogP) is 2.54. The van der Waals surface area contributed by atoms with Crippen molar-refractivity contribution in [1.82, 2.24) is 10.1 Å². The van der Waals surface area contributed by atoms with E-state index in [4.69, 9.17) is 4.52 Å². The third-order valence-electron chi connectivity index (χ3n) is 4.21. The molecule has 0 aromatic carbocycles. The minimum atomic E-state index is -2.90. The van der Waals surface area contributed by atoms with E-state index in [1.54, 1.807) is 11.3 Å². The topological polar surface area (TPSA) is 63.4 Å². The van der Waals surface area contributed by atoms with Gasteiger partial charge in [0.25, 0.3) is 0 Å². The minimum Gasteiger partial charge on any atom is -0.361 e. The van der Waals surface area contributed by atoms with Gasteiger partial charge in [0.15, 0.2) is 9.84 Å². The SMILES string of the molecule is Cc1noc(C)c1CN(Cc1cccs1)C1CCS(=O)(=O)C1. The molecule has 120 valence electrons. The van der Waals surface area contributed by atoms with Gasteiger partial charge in [-0.1, -0.05) is 11.2 Å². The highest BCUT2D eigenvalue weighted by atomic mass is 32.2. The lowest BCUT2D eigenvalue weighted by atomic mass is 10.1. The second kappa shape index (κ2) is 6.14. The minimum absolute atomic E-state index is 0.0702. The molecule has 2 aromatic heterocycles. The summed E-state index contributed by atoms with van der Waals surface area (Å²) in [5.41, 5.74) is 1.95. The number of nitrogens with zero attached hydrogens (tertiary/aromatic N) is 2. The lowest BCUT2D eigenvalue weighted by Gasteiger charge is -2.27. The molecule has 0 bridgehead atoms. The normalized spacial score (nSPS) is 20.8. The number of aromatic nitrogens is 1. The highest BCUT2D eigenvalue weighted by Gasteiger charge is 2.33. The van der Waals surface area contributed by atoms with Crippen LogP contribution < -0.4 is 0 Å². The number of rotatable bonds is 5. The van der Waals surface area contributed by atoms with Crippen LogP contribution in [0.4, 0.5) is 0 Å². The van der Waals surface area contributed by atoms with Crippen LogP contribution in [0.25, 0.3) is 0 Å². The molecule has 1 unspecified atom stereocenters. The maximum absolute atomic E-state index is 11.8. The van der Waals surface area contributed by atoms with Crippen molar-refractivity contribution < 1.29 is 12.9 Å². The van der Waals surface area contributed by atoms with E-state index in [1.165, 1.54) is 4.88 Å². The average molecular weight is 340 g/mol. The maximum atomic E-state index is 11.8. The summed E-state index contributed by atoms with van der Waals surface area (Å²) >= 11 is 1.70. The average Bonchev–Trinajstić information content (AvgIpc) is 3.15. The zero-order valence-corrected chi connectivity index (χ0v) is 14.4. The van der Waals surface area contributed by atoms with Gasteiger partial charge in [-0.25, -0.2) is 8.42 Å². The van der Waals surface area contributed by atoms with E-state index >= 15 is 0 Å². The summed E-state index contributed by atoms with van der Waals surface area (Å²) < 4.78 is 28.9. The fourth-order valence-electron chi connectivity index (χ4n) is 2.91. The van der Waals surface area contributed by atoms with Crippen molar-refractivity contribution in [3.63, 3.8) is 0 Å². The van der Waals surface area contributed by atoms with Gasteiger partial charge in [-0.05, 0) is 31.7 Å². The van der Waals surface area contributed by atoms with Crippen molar-refractivity contribution in [2.24, 2.45) is 0 Å². The van der Waals surface area contributed by atoms with Crippen molar-refractivity contribution >= 4 is 21.2 Å². The Kier molecular flexibility index (Phi) is 4.38. The summed E-state index contributed by atoms with van der Waals surface area (Å²) in [7, 11) is -2.90. The van der Waals surface area contributed by atoms with Crippen molar-refractivity contribution in [3.05, 3.63) is 39.4 Å². The van der Waals surface area contributed by atoms with Gasteiger partial charge >= 0.3 is 0 Å². The molecule has 0 spiro atoms. The van der Waals surface area contributed by atoms with Crippen LogP contribution >= 0.6 is 11.3 Å². The van der Waals surface area contributed by atoms with E-state index in [1.807, 2.05) is 19.9 Å². The van der Waals surface area contributed by atoms with Crippen molar-refractivity contribution in [3.8, 4) is 0 Å². The third kappa shape index (κ3) is 3.42. The molecule has 0 amide bonds. The molecule has 1 aliphatic rings. The van der Waals surface area contributed by atoms with Gasteiger partial charge in [-0.3, -0.25) is 4.90 Å². The molecule has 5 nitrogen and oxygen atoms in total. The molecule has 3 heterocycles. The van der Waals surface area contributed by atoms with Gasteiger partial charge in [0.05, 0.1) is 17.2 Å². The van der Waals surface area contributed by atoms with Gasteiger partial charge in [-0.2, -0.15) is 0 Å². The quantitative estimate of drug-likeness (QED) is 0.837. The van der Waals surface area contributed by atoms with Crippen LogP contribution in [-0.4, -0.2) is 36.0 Å². The van der Waals surface area contributed by atoms with Crippen molar-refractivity contribution in [2.45, 2.75) is 39.4 Å². The second-order valence-corrected chi connectivity index (χ2v) is 9.10. The first-order chi connectivity index (χ1) is 10.4. The van der Waals surface area contributed by atoms with E-state index < -0.39 is 9.84 Å². The molecule has 1 saturated heterocycles. The third-order valence-corrected chi connectivity index (χ3v) is 6.82. The van der Waals surface area contributed by atoms with Crippen molar-refractivity contribution in [1.29, 1.82) is 0 Å². The molecule has 3 rings (SSSR count). The molecule has 1 aliphatic heterocycles. The Morgan fingerprint density at radius 3 is 2.77 bits per heavy atom. The molecule has 0 N–H and O–H groups in total. The molecular weight excluding hydrogens is 320 g/mol. The van der Waals surface area contributed by atoms with Crippen LogP contribution in [0.5, 0.6) is 0 Å². The fraction of sp³-hybridized carbons (Fsp3) is 0.533.